The summed E-state index contributed by atoms with van der Waals surface area (Å²) in [5.74, 6) is -1.10. The summed E-state index contributed by atoms with van der Waals surface area (Å²) >= 11 is 0. The first-order valence-corrected chi connectivity index (χ1v) is 6.21. The number of urea groups is 1. The van der Waals surface area contributed by atoms with E-state index < -0.39 is 17.7 Å². The fourth-order valence-electron chi connectivity index (χ4n) is 2.17. The minimum absolute atomic E-state index is 0.0489. The molecule has 0 aromatic heterocycles. The zero-order chi connectivity index (χ0) is 14.6. The van der Waals surface area contributed by atoms with E-state index in [4.69, 9.17) is 14.6 Å². The van der Waals surface area contributed by atoms with Crippen LogP contribution < -0.4 is 5.32 Å². The number of hydrogen-bond acceptors (Lipinski definition) is 4. The van der Waals surface area contributed by atoms with Gasteiger partial charge >= 0.3 is 12.0 Å². The van der Waals surface area contributed by atoms with Crippen LogP contribution in [0.15, 0.2) is 0 Å². The molecule has 7 heteroatoms. The number of methoxy groups -OCH3 is 1. The van der Waals surface area contributed by atoms with Crippen LogP contribution in [0.25, 0.3) is 0 Å². The monoisotopic (exact) mass is 274 g/mol. The molecule has 1 saturated heterocycles. The van der Waals surface area contributed by atoms with Crippen LogP contribution in [0.1, 0.15) is 20.8 Å². The molecule has 0 aromatic rings. The molecule has 1 rings (SSSR count). The van der Waals surface area contributed by atoms with Crippen molar-refractivity contribution in [3.05, 3.63) is 0 Å². The van der Waals surface area contributed by atoms with Crippen LogP contribution in [-0.4, -0.2) is 66.6 Å². The van der Waals surface area contributed by atoms with Crippen LogP contribution >= 0.6 is 0 Å². The fourth-order valence-corrected chi connectivity index (χ4v) is 2.17. The molecule has 0 radical (unpaired) electrons. The van der Waals surface area contributed by atoms with Gasteiger partial charge in [-0.3, -0.25) is 0 Å². The number of rotatable bonds is 4. The van der Waals surface area contributed by atoms with Crippen molar-refractivity contribution in [1.82, 2.24) is 10.2 Å². The Morgan fingerprint density at radius 3 is 2.68 bits per heavy atom. The van der Waals surface area contributed by atoms with Crippen LogP contribution in [0.4, 0.5) is 4.79 Å². The quantitative estimate of drug-likeness (QED) is 0.769. The molecule has 1 fully saturated rings. The number of carbonyl (C=O) groups excluding carboxylic acids is 1. The third-order valence-electron chi connectivity index (χ3n) is 2.86. The Balaban J connectivity index is 2.51. The Morgan fingerprint density at radius 1 is 1.58 bits per heavy atom. The average molecular weight is 274 g/mol. The molecular weight excluding hydrogens is 252 g/mol. The van der Waals surface area contributed by atoms with Gasteiger partial charge in [0, 0.05) is 13.7 Å². The summed E-state index contributed by atoms with van der Waals surface area (Å²) < 4.78 is 10.5. The van der Waals surface area contributed by atoms with Gasteiger partial charge in [0.05, 0.1) is 24.8 Å². The topological polar surface area (TPSA) is 88.1 Å². The van der Waals surface area contributed by atoms with Crippen molar-refractivity contribution >= 4 is 12.0 Å². The molecule has 0 aliphatic carbocycles. The lowest BCUT2D eigenvalue weighted by molar-refractivity contribution is -0.148. The molecule has 19 heavy (non-hydrogen) atoms. The maximum atomic E-state index is 12.0. The summed E-state index contributed by atoms with van der Waals surface area (Å²) in [4.78, 5) is 24.4. The summed E-state index contributed by atoms with van der Waals surface area (Å²) in [5.41, 5.74) is -0.400. The third kappa shape index (κ3) is 4.68. The van der Waals surface area contributed by atoms with Gasteiger partial charge in [-0.25, -0.2) is 9.59 Å². The maximum absolute atomic E-state index is 12.0. The molecule has 2 amide bonds. The zero-order valence-electron chi connectivity index (χ0n) is 11.8. The number of carboxylic acids is 1. The summed E-state index contributed by atoms with van der Waals surface area (Å²) in [6.45, 7) is 6.62. The molecule has 7 nitrogen and oxygen atoms in total. The predicted octanol–water partition coefficient (Wildman–Crippen LogP) is 0.295. The number of ether oxygens (including phenoxy) is 2. The molecule has 1 aliphatic rings. The van der Waals surface area contributed by atoms with Gasteiger partial charge in [0.1, 0.15) is 0 Å². The molecule has 0 bridgehead atoms. The first kappa shape index (κ1) is 15.7. The molecule has 0 aromatic carbocycles. The minimum atomic E-state index is -1.10. The van der Waals surface area contributed by atoms with E-state index in [0.29, 0.717) is 13.1 Å². The number of amides is 2. The minimum Gasteiger partial charge on any atom is -0.479 e. The highest BCUT2D eigenvalue weighted by atomic mass is 16.5. The molecule has 1 aliphatic heterocycles. The van der Waals surface area contributed by atoms with Crippen LogP contribution in [0, 0.1) is 0 Å². The van der Waals surface area contributed by atoms with Gasteiger partial charge in [-0.05, 0) is 20.8 Å². The maximum Gasteiger partial charge on any atom is 0.334 e. The normalized spacial score (nSPS) is 23.8. The van der Waals surface area contributed by atoms with Gasteiger partial charge in [-0.15, -0.1) is 0 Å². The van der Waals surface area contributed by atoms with Crippen molar-refractivity contribution in [2.75, 3.05) is 26.7 Å². The van der Waals surface area contributed by atoms with E-state index in [-0.39, 0.29) is 18.7 Å². The highest BCUT2D eigenvalue weighted by Crippen LogP contribution is 2.20. The Labute approximate surface area is 112 Å². The average Bonchev–Trinajstić information content (AvgIpc) is 2.26. The van der Waals surface area contributed by atoms with E-state index in [9.17, 15) is 9.59 Å². The highest BCUT2D eigenvalue weighted by Gasteiger charge is 2.34. The standard InChI is InChI=1S/C12H22N2O5/c1-8-6-14(7-12(2,3)19-8)11(17)13-5-9(18-4)10(15)16/h8-9H,5-7H2,1-4H3,(H,13,17)(H,15,16). The van der Waals surface area contributed by atoms with Crippen molar-refractivity contribution in [2.24, 2.45) is 0 Å². The number of carbonyl (C=O) groups is 2. The molecule has 110 valence electrons. The van der Waals surface area contributed by atoms with Gasteiger partial charge in [0.2, 0.25) is 0 Å². The SMILES string of the molecule is COC(CNC(=O)N1CC(C)OC(C)(C)C1)C(=O)O. The van der Waals surface area contributed by atoms with E-state index in [1.165, 1.54) is 7.11 Å². The molecule has 0 spiro atoms. The molecule has 2 atom stereocenters. The molecule has 2 unspecified atom stereocenters. The Morgan fingerprint density at radius 2 is 2.21 bits per heavy atom. The largest absolute Gasteiger partial charge is 0.479 e. The van der Waals surface area contributed by atoms with Gasteiger partial charge < -0.3 is 24.8 Å². The molecule has 0 saturated carbocycles. The lowest BCUT2D eigenvalue weighted by atomic mass is 10.1. The Hall–Kier alpha value is -1.34. The summed E-state index contributed by atoms with van der Waals surface area (Å²) in [5, 5.41) is 11.4. The van der Waals surface area contributed by atoms with Crippen molar-refractivity contribution < 1.29 is 24.2 Å². The second kappa shape index (κ2) is 6.21. The van der Waals surface area contributed by atoms with Crippen molar-refractivity contribution in [3.63, 3.8) is 0 Å². The van der Waals surface area contributed by atoms with Gasteiger partial charge in [-0.2, -0.15) is 0 Å². The zero-order valence-corrected chi connectivity index (χ0v) is 11.8. The van der Waals surface area contributed by atoms with E-state index in [0.717, 1.165) is 0 Å². The van der Waals surface area contributed by atoms with E-state index >= 15 is 0 Å². The fraction of sp³-hybridized carbons (Fsp3) is 0.833. The molecule has 1 heterocycles. The highest BCUT2D eigenvalue weighted by molar-refractivity contribution is 5.77. The van der Waals surface area contributed by atoms with Gasteiger partial charge in [0.25, 0.3) is 0 Å². The Bertz CT molecular complexity index is 345. The van der Waals surface area contributed by atoms with Crippen LogP contribution in [0.3, 0.4) is 0 Å². The smallest absolute Gasteiger partial charge is 0.334 e. The van der Waals surface area contributed by atoms with Gasteiger partial charge in [-0.1, -0.05) is 0 Å². The lowest BCUT2D eigenvalue weighted by Gasteiger charge is -2.41. The van der Waals surface area contributed by atoms with Crippen LogP contribution in [-0.2, 0) is 14.3 Å². The Kier molecular flexibility index (Phi) is 5.13. The first-order valence-electron chi connectivity index (χ1n) is 6.21. The second-order valence-electron chi connectivity index (χ2n) is 5.32. The van der Waals surface area contributed by atoms with E-state index in [1.54, 1.807) is 4.90 Å². The summed E-state index contributed by atoms with van der Waals surface area (Å²) in [6.07, 6.45) is -1.08. The first-order chi connectivity index (χ1) is 8.75. The van der Waals surface area contributed by atoms with Crippen LogP contribution in [0.5, 0.6) is 0 Å². The lowest BCUT2D eigenvalue weighted by Crippen LogP contribution is -2.57. The second-order valence-corrected chi connectivity index (χ2v) is 5.32. The predicted molar refractivity (Wildman–Crippen MR) is 68.0 cm³/mol. The third-order valence-corrected chi connectivity index (χ3v) is 2.86. The number of morpholine rings is 1. The number of aliphatic carboxylic acids is 1. The molecular formula is C12H22N2O5. The van der Waals surface area contributed by atoms with E-state index in [1.807, 2.05) is 20.8 Å². The summed E-state index contributed by atoms with van der Waals surface area (Å²) in [7, 11) is 1.30. The van der Waals surface area contributed by atoms with E-state index in [2.05, 4.69) is 5.32 Å². The number of hydrogen-bond donors (Lipinski definition) is 2. The van der Waals surface area contributed by atoms with Crippen molar-refractivity contribution in [3.8, 4) is 0 Å². The van der Waals surface area contributed by atoms with Gasteiger partial charge in [0.15, 0.2) is 6.10 Å². The number of carboxylic acid groups (broad SMARTS) is 1. The van der Waals surface area contributed by atoms with Crippen molar-refractivity contribution in [2.45, 2.75) is 38.6 Å². The number of nitrogens with one attached hydrogen (secondary N) is 1. The van der Waals surface area contributed by atoms with Crippen LogP contribution in [0.2, 0.25) is 0 Å². The van der Waals surface area contributed by atoms with Crippen molar-refractivity contribution in [1.29, 1.82) is 0 Å². The summed E-state index contributed by atoms with van der Waals surface area (Å²) in [6, 6.07) is -0.300. The molecule has 2 N–H and O–H groups in total. The number of nitrogens with zero attached hydrogens (tertiary/aromatic N) is 1.